The molecular formula is C13H19BrClNO2. The Morgan fingerprint density at radius 2 is 2.06 bits per heavy atom. The molecule has 1 aromatic rings. The first-order valence-corrected chi connectivity index (χ1v) is 7.18. The molecule has 0 unspecified atom stereocenters. The van der Waals surface area contributed by atoms with E-state index in [9.17, 15) is 0 Å². The molecule has 102 valence electrons. The van der Waals surface area contributed by atoms with E-state index in [1.165, 1.54) is 0 Å². The lowest BCUT2D eigenvalue weighted by atomic mass is 10.3. The second-order valence-corrected chi connectivity index (χ2v) is 5.20. The van der Waals surface area contributed by atoms with Gasteiger partial charge < -0.3 is 14.8 Å². The smallest absolute Gasteiger partial charge is 0.137 e. The van der Waals surface area contributed by atoms with Crippen molar-refractivity contribution < 1.29 is 9.47 Å². The van der Waals surface area contributed by atoms with Gasteiger partial charge in [0.2, 0.25) is 0 Å². The van der Waals surface area contributed by atoms with Crippen LogP contribution in [0.3, 0.4) is 0 Å². The Morgan fingerprint density at radius 3 is 2.78 bits per heavy atom. The molecule has 1 N–H and O–H groups in total. The molecule has 5 heteroatoms. The van der Waals surface area contributed by atoms with Crippen LogP contribution in [0.2, 0.25) is 5.02 Å². The Balaban J connectivity index is 2.07. The van der Waals surface area contributed by atoms with Crippen LogP contribution in [-0.4, -0.2) is 33.4 Å². The van der Waals surface area contributed by atoms with Gasteiger partial charge in [0.15, 0.2) is 0 Å². The SMILES string of the molecule is COCCNCCCCOc1ccc(Br)cc1Cl. The fourth-order valence-electron chi connectivity index (χ4n) is 1.43. The highest BCUT2D eigenvalue weighted by atomic mass is 79.9. The number of unbranched alkanes of at least 4 members (excludes halogenated alkanes) is 1. The highest BCUT2D eigenvalue weighted by Gasteiger charge is 2.01. The van der Waals surface area contributed by atoms with E-state index in [2.05, 4.69) is 21.2 Å². The quantitative estimate of drug-likeness (QED) is 0.700. The second kappa shape index (κ2) is 9.62. The van der Waals surface area contributed by atoms with Crippen LogP contribution in [0.1, 0.15) is 12.8 Å². The molecule has 0 saturated heterocycles. The second-order valence-electron chi connectivity index (χ2n) is 3.87. The van der Waals surface area contributed by atoms with Gasteiger partial charge in [-0.15, -0.1) is 0 Å². The van der Waals surface area contributed by atoms with Crippen molar-refractivity contribution in [3.05, 3.63) is 27.7 Å². The molecule has 0 amide bonds. The predicted molar refractivity (Wildman–Crippen MR) is 78.6 cm³/mol. The van der Waals surface area contributed by atoms with Crippen LogP contribution in [0.15, 0.2) is 22.7 Å². The molecule has 18 heavy (non-hydrogen) atoms. The minimum absolute atomic E-state index is 0.641. The molecule has 1 rings (SSSR count). The van der Waals surface area contributed by atoms with Gasteiger partial charge in [-0.2, -0.15) is 0 Å². The van der Waals surface area contributed by atoms with Crippen molar-refractivity contribution >= 4 is 27.5 Å². The van der Waals surface area contributed by atoms with E-state index in [0.29, 0.717) is 11.6 Å². The third-order valence-corrected chi connectivity index (χ3v) is 3.17. The summed E-state index contributed by atoms with van der Waals surface area (Å²) in [5.41, 5.74) is 0. The van der Waals surface area contributed by atoms with Gasteiger partial charge in [0.25, 0.3) is 0 Å². The molecule has 0 aliphatic carbocycles. The van der Waals surface area contributed by atoms with Crippen LogP contribution in [0, 0.1) is 0 Å². The Kier molecular flexibility index (Phi) is 8.42. The predicted octanol–water partition coefficient (Wildman–Crippen LogP) is 3.50. The monoisotopic (exact) mass is 335 g/mol. The third-order valence-electron chi connectivity index (χ3n) is 2.38. The molecule has 0 fully saturated rings. The summed E-state index contributed by atoms with van der Waals surface area (Å²) in [6.45, 7) is 3.33. The number of hydrogen-bond donors (Lipinski definition) is 1. The van der Waals surface area contributed by atoms with E-state index in [0.717, 1.165) is 42.8 Å². The summed E-state index contributed by atoms with van der Waals surface area (Å²) < 4.78 is 11.5. The Morgan fingerprint density at radius 1 is 1.22 bits per heavy atom. The summed E-state index contributed by atoms with van der Waals surface area (Å²) in [5, 5.41) is 3.93. The van der Waals surface area contributed by atoms with E-state index in [1.54, 1.807) is 7.11 Å². The number of ether oxygens (including phenoxy) is 2. The van der Waals surface area contributed by atoms with Crippen molar-refractivity contribution in [2.45, 2.75) is 12.8 Å². The molecule has 0 saturated carbocycles. The van der Waals surface area contributed by atoms with Gasteiger partial charge >= 0.3 is 0 Å². The Hall–Kier alpha value is -0.290. The summed E-state index contributed by atoms with van der Waals surface area (Å²) in [6.07, 6.45) is 2.09. The number of methoxy groups -OCH3 is 1. The lowest BCUT2D eigenvalue weighted by molar-refractivity contribution is 0.199. The number of hydrogen-bond acceptors (Lipinski definition) is 3. The number of nitrogens with one attached hydrogen (secondary N) is 1. The Labute approximate surface area is 122 Å². The molecule has 0 aromatic heterocycles. The normalized spacial score (nSPS) is 10.6. The molecular weight excluding hydrogens is 318 g/mol. The first-order valence-electron chi connectivity index (χ1n) is 6.01. The average Bonchev–Trinajstić information content (AvgIpc) is 2.35. The van der Waals surface area contributed by atoms with Gasteiger partial charge in [-0.05, 0) is 37.6 Å². The number of benzene rings is 1. The topological polar surface area (TPSA) is 30.5 Å². The van der Waals surface area contributed by atoms with Crippen LogP contribution in [0.25, 0.3) is 0 Å². The molecule has 0 spiro atoms. The van der Waals surface area contributed by atoms with Crippen LogP contribution in [-0.2, 0) is 4.74 Å². The van der Waals surface area contributed by atoms with Crippen molar-refractivity contribution in [1.29, 1.82) is 0 Å². The fraction of sp³-hybridized carbons (Fsp3) is 0.538. The fourth-order valence-corrected chi connectivity index (χ4v) is 2.15. The van der Waals surface area contributed by atoms with Crippen LogP contribution in [0.5, 0.6) is 5.75 Å². The van der Waals surface area contributed by atoms with E-state index in [-0.39, 0.29) is 0 Å². The first-order chi connectivity index (χ1) is 8.74. The van der Waals surface area contributed by atoms with Gasteiger partial charge in [0, 0.05) is 18.1 Å². The summed E-state index contributed by atoms with van der Waals surface area (Å²) in [5.74, 6) is 0.743. The van der Waals surface area contributed by atoms with Gasteiger partial charge in [-0.25, -0.2) is 0 Å². The molecule has 3 nitrogen and oxygen atoms in total. The summed E-state index contributed by atoms with van der Waals surface area (Å²) >= 11 is 9.41. The molecule has 0 aliphatic heterocycles. The molecule has 1 aromatic carbocycles. The largest absolute Gasteiger partial charge is 0.492 e. The molecule has 0 heterocycles. The van der Waals surface area contributed by atoms with Gasteiger partial charge in [-0.1, -0.05) is 27.5 Å². The van der Waals surface area contributed by atoms with E-state index in [1.807, 2.05) is 18.2 Å². The van der Waals surface area contributed by atoms with Crippen molar-refractivity contribution in [1.82, 2.24) is 5.32 Å². The summed E-state index contributed by atoms with van der Waals surface area (Å²) in [4.78, 5) is 0. The average molecular weight is 337 g/mol. The maximum Gasteiger partial charge on any atom is 0.137 e. The van der Waals surface area contributed by atoms with Crippen molar-refractivity contribution in [3.8, 4) is 5.75 Å². The molecule has 0 radical (unpaired) electrons. The van der Waals surface area contributed by atoms with Crippen LogP contribution < -0.4 is 10.1 Å². The standard InChI is InChI=1S/C13H19BrClNO2/c1-17-9-7-16-6-2-3-8-18-13-5-4-11(14)10-12(13)15/h4-5,10,16H,2-3,6-9H2,1H3. The van der Waals surface area contributed by atoms with Crippen LogP contribution in [0.4, 0.5) is 0 Å². The van der Waals surface area contributed by atoms with Crippen molar-refractivity contribution in [2.24, 2.45) is 0 Å². The summed E-state index contributed by atoms with van der Waals surface area (Å²) in [7, 11) is 1.71. The number of halogens is 2. The lowest BCUT2D eigenvalue weighted by Crippen LogP contribution is -2.20. The minimum atomic E-state index is 0.641. The van der Waals surface area contributed by atoms with Crippen LogP contribution >= 0.6 is 27.5 Å². The van der Waals surface area contributed by atoms with E-state index >= 15 is 0 Å². The van der Waals surface area contributed by atoms with Crippen molar-refractivity contribution in [3.63, 3.8) is 0 Å². The highest BCUT2D eigenvalue weighted by molar-refractivity contribution is 9.10. The third kappa shape index (κ3) is 6.59. The summed E-state index contributed by atoms with van der Waals surface area (Å²) in [6, 6.07) is 5.64. The maximum atomic E-state index is 6.05. The first kappa shape index (κ1) is 15.8. The van der Waals surface area contributed by atoms with E-state index < -0.39 is 0 Å². The maximum absolute atomic E-state index is 6.05. The Bertz CT molecular complexity index is 350. The van der Waals surface area contributed by atoms with Gasteiger partial charge in [0.1, 0.15) is 5.75 Å². The zero-order valence-electron chi connectivity index (χ0n) is 10.5. The van der Waals surface area contributed by atoms with Crippen molar-refractivity contribution in [2.75, 3.05) is 33.4 Å². The number of rotatable bonds is 9. The molecule has 0 atom stereocenters. The molecule has 0 bridgehead atoms. The highest BCUT2D eigenvalue weighted by Crippen LogP contribution is 2.27. The van der Waals surface area contributed by atoms with E-state index in [4.69, 9.17) is 21.1 Å². The zero-order valence-corrected chi connectivity index (χ0v) is 12.9. The lowest BCUT2D eigenvalue weighted by Gasteiger charge is -2.08. The minimum Gasteiger partial charge on any atom is -0.492 e. The van der Waals surface area contributed by atoms with Gasteiger partial charge in [0.05, 0.1) is 18.2 Å². The zero-order chi connectivity index (χ0) is 13.2. The molecule has 0 aliphatic rings. The van der Waals surface area contributed by atoms with Gasteiger partial charge in [-0.3, -0.25) is 0 Å².